The number of nitrogens with zero attached hydrogens (tertiary/aromatic N) is 4. The van der Waals surface area contributed by atoms with Gasteiger partial charge in [0.1, 0.15) is 0 Å². The van der Waals surface area contributed by atoms with Crippen LogP contribution in [-0.2, 0) is 5.41 Å². The van der Waals surface area contributed by atoms with Crippen molar-refractivity contribution in [3.8, 4) is 54.3 Å². The fourth-order valence-electron chi connectivity index (χ4n) is 13.8. The highest BCUT2D eigenvalue weighted by molar-refractivity contribution is 7.23. The van der Waals surface area contributed by atoms with E-state index in [-0.39, 0.29) is 0 Å². The van der Waals surface area contributed by atoms with Gasteiger partial charge in [0.05, 0.1) is 16.4 Å². The number of aromatic nitrogens is 2. The Balaban J connectivity index is 0.884. The minimum atomic E-state index is -0.758. The predicted molar refractivity (Wildman–Crippen MR) is 376 cm³/mol. The van der Waals surface area contributed by atoms with E-state index < -0.39 is 5.41 Å². The Morgan fingerprint density at radius 2 is 0.618 bits per heavy atom. The second-order valence-electron chi connectivity index (χ2n) is 22.8. The van der Waals surface area contributed by atoms with Gasteiger partial charge in [0.25, 0.3) is 0 Å². The van der Waals surface area contributed by atoms with E-state index in [4.69, 9.17) is 9.97 Å². The summed E-state index contributed by atoms with van der Waals surface area (Å²) in [4.78, 5) is 17.2. The molecule has 0 fully saturated rings. The van der Waals surface area contributed by atoms with E-state index >= 15 is 0 Å². The lowest BCUT2D eigenvalue weighted by Gasteiger charge is -2.35. The smallest absolute Gasteiger partial charge is 0.0722 e. The topological polar surface area (TPSA) is 32.3 Å². The molecule has 0 unspecified atom stereocenters. The first-order chi connectivity index (χ1) is 44.1. The zero-order valence-electron chi connectivity index (χ0n) is 48.3. The minimum Gasteiger partial charge on any atom is -0.310 e. The van der Waals surface area contributed by atoms with Gasteiger partial charge >= 0.3 is 0 Å². The van der Waals surface area contributed by atoms with Crippen molar-refractivity contribution in [2.75, 3.05) is 9.80 Å². The van der Waals surface area contributed by atoms with Gasteiger partial charge in [-0.2, -0.15) is 0 Å². The number of rotatable bonds is 12. The molecular weight excluding hydrogens is 1120 g/mol. The number of hydrogen-bond acceptors (Lipinski definition) is 6. The predicted octanol–water partition coefficient (Wildman–Crippen LogP) is 23.2. The van der Waals surface area contributed by atoms with Crippen molar-refractivity contribution >= 4 is 98.8 Å². The number of pyridine rings is 2. The molecule has 0 bridgehead atoms. The van der Waals surface area contributed by atoms with Gasteiger partial charge in [-0.05, 0) is 141 Å². The number of benzene rings is 12. The standard InChI is InChI=1S/C83H54N4S2/c1-7-21-57(22-8-1)79-71-45-41-67(53-77(71)88-81(79)59-25-11-3-12-26-59)86(65-37-35-55-29-19-47-84-75(55)51-65)63-39-43-69-70-44-40-64(50-74(70)83(73(69)49-63,61-31-15-5-16-32-61)62-33-17-6-18-34-62)87(66-38-36-56-30-20-48-85-76(56)52-66)68-42-46-72-78(54-68)89-82(60-27-13-4-14-28-60)80(72)58-23-9-2-10-24-58/h1-54H. The normalized spacial score (nSPS) is 12.4. The van der Waals surface area contributed by atoms with Gasteiger partial charge in [-0.1, -0.05) is 231 Å². The molecule has 89 heavy (non-hydrogen) atoms. The van der Waals surface area contributed by atoms with Gasteiger partial charge in [0, 0.05) is 98.3 Å². The summed E-state index contributed by atoms with van der Waals surface area (Å²) in [6, 6.07) is 116. The molecule has 6 heteroatoms. The lowest BCUT2D eigenvalue weighted by Crippen LogP contribution is -2.29. The average molecular weight is 1170 g/mol. The molecule has 0 saturated carbocycles. The Hall–Kier alpha value is -11.0. The number of thiophene rings is 2. The third kappa shape index (κ3) is 8.86. The Kier molecular flexibility index (Phi) is 12.8. The summed E-state index contributed by atoms with van der Waals surface area (Å²) in [6.07, 6.45) is 3.78. The van der Waals surface area contributed by atoms with Crippen LogP contribution >= 0.6 is 22.7 Å². The Morgan fingerprint density at radius 3 is 1.02 bits per heavy atom. The van der Waals surface area contributed by atoms with Crippen LogP contribution < -0.4 is 9.80 Å². The van der Waals surface area contributed by atoms with Gasteiger partial charge in [0.2, 0.25) is 0 Å². The fourth-order valence-corrected chi connectivity index (χ4v) is 16.4. The van der Waals surface area contributed by atoms with Crippen LogP contribution in [0.15, 0.2) is 328 Å². The summed E-state index contributed by atoms with van der Waals surface area (Å²) in [5, 5.41) is 4.65. The summed E-state index contributed by atoms with van der Waals surface area (Å²) in [5.41, 5.74) is 21.9. The molecule has 0 saturated heterocycles. The summed E-state index contributed by atoms with van der Waals surface area (Å²) >= 11 is 3.71. The van der Waals surface area contributed by atoms with E-state index in [1.807, 2.05) is 47.2 Å². The zero-order chi connectivity index (χ0) is 58.8. The first kappa shape index (κ1) is 52.3. The molecule has 0 aliphatic heterocycles. The van der Waals surface area contributed by atoms with Crippen LogP contribution in [0.5, 0.6) is 0 Å². The zero-order valence-corrected chi connectivity index (χ0v) is 49.9. The molecule has 1 aliphatic rings. The molecule has 0 amide bonds. The highest BCUT2D eigenvalue weighted by Crippen LogP contribution is 2.59. The van der Waals surface area contributed by atoms with Crippen LogP contribution in [0.3, 0.4) is 0 Å². The maximum Gasteiger partial charge on any atom is 0.0722 e. The lowest BCUT2D eigenvalue weighted by atomic mass is 9.67. The largest absolute Gasteiger partial charge is 0.310 e. The van der Waals surface area contributed by atoms with E-state index in [2.05, 4.69) is 313 Å². The van der Waals surface area contributed by atoms with E-state index in [0.29, 0.717) is 0 Å². The molecule has 0 spiro atoms. The van der Waals surface area contributed by atoms with E-state index in [9.17, 15) is 0 Å². The maximum absolute atomic E-state index is 4.93. The van der Waals surface area contributed by atoms with Gasteiger partial charge in [-0.25, -0.2) is 0 Å². The molecule has 4 aromatic heterocycles. The van der Waals surface area contributed by atoms with Gasteiger partial charge in [-0.3, -0.25) is 9.97 Å². The Labute approximate surface area is 524 Å². The Morgan fingerprint density at radius 1 is 0.281 bits per heavy atom. The van der Waals surface area contributed by atoms with Crippen molar-refractivity contribution in [1.82, 2.24) is 9.97 Å². The van der Waals surface area contributed by atoms with Crippen LogP contribution in [0.25, 0.3) is 96.2 Å². The van der Waals surface area contributed by atoms with Crippen molar-refractivity contribution in [2.45, 2.75) is 5.41 Å². The molecule has 0 atom stereocenters. The second kappa shape index (κ2) is 21.7. The SMILES string of the molecule is c1ccc(-c2sc3cc(N(c4ccc5c(c4)C(c4ccccc4)(c4ccccc4)c4cc(N(c6ccc7cccnc7c6)c6ccc7c(-c8ccccc8)c(-c8ccccc8)sc7c6)ccc4-5)c4ccc5cccnc5c4)ccc3c2-c2ccccc2)cc1. The van der Waals surface area contributed by atoms with E-state index in [0.717, 1.165) is 55.9 Å². The molecule has 17 rings (SSSR count). The molecule has 4 nitrogen and oxygen atoms in total. The quantitative estimate of drug-likeness (QED) is 0.122. The van der Waals surface area contributed by atoms with Crippen molar-refractivity contribution in [3.63, 3.8) is 0 Å². The minimum absolute atomic E-state index is 0.758. The summed E-state index contributed by atoms with van der Waals surface area (Å²) < 4.78 is 2.43. The number of fused-ring (bicyclic) bond motifs is 7. The number of hydrogen-bond donors (Lipinski definition) is 0. The van der Waals surface area contributed by atoms with E-state index in [1.165, 1.54) is 96.7 Å². The third-order valence-corrected chi connectivity index (χ3v) is 20.2. The molecule has 16 aromatic rings. The highest BCUT2D eigenvalue weighted by atomic mass is 32.1. The first-order valence-electron chi connectivity index (χ1n) is 30.2. The number of anilines is 6. The maximum atomic E-state index is 4.93. The molecule has 12 aromatic carbocycles. The van der Waals surface area contributed by atoms with Crippen LogP contribution in [0.4, 0.5) is 34.1 Å². The summed E-state index contributed by atoms with van der Waals surface area (Å²) in [7, 11) is 0. The highest BCUT2D eigenvalue weighted by Gasteiger charge is 2.47. The van der Waals surface area contributed by atoms with Crippen LogP contribution in [0, 0.1) is 0 Å². The third-order valence-electron chi connectivity index (χ3n) is 17.8. The van der Waals surface area contributed by atoms with Crippen LogP contribution in [0.1, 0.15) is 22.3 Å². The fraction of sp³-hybridized carbons (Fsp3) is 0.0120. The first-order valence-corrected chi connectivity index (χ1v) is 31.8. The molecule has 0 radical (unpaired) electrons. The average Bonchev–Trinajstić information content (AvgIpc) is 1.69. The van der Waals surface area contributed by atoms with Gasteiger partial charge in [0.15, 0.2) is 0 Å². The monoisotopic (exact) mass is 1170 g/mol. The molecular formula is C83H54N4S2. The van der Waals surface area contributed by atoms with Gasteiger partial charge in [-0.15, -0.1) is 22.7 Å². The molecule has 4 heterocycles. The summed E-state index contributed by atoms with van der Waals surface area (Å²) in [5.74, 6) is 0. The van der Waals surface area contributed by atoms with Crippen molar-refractivity contribution < 1.29 is 0 Å². The van der Waals surface area contributed by atoms with Crippen molar-refractivity contribution in [2.24, 2.45) is 0 Å². The van der Waals surface area contributed by atoms with Crippen LogP contribution in [0.2, 0.25) is 0 Å². The van der Waals surface area contributed by atoms with Crippen molar-refractivity contribution in [1.29, 1.82) is 0 Å². The molecule has 1 aliphatic carbocycles. The van der Waals surface area contributed by atoms with Crippen molar-refractivity contribution in [3.05, 3.63) is 350 Å². The van der Waals surface area contributed by atoms with Crippen LogP contribution in [-0.4, -0.2) is 9.97 Å². The Bertz CT molecular complexity index is 4980. The molecule has 418 valence electrons. The lowest BCUT2D eigenvalue weighted by molar-refractivity contribution is 0.768. The van der Waals surface area contributed by atoms with Gasteiger partial charge < -0.3 is 9.80 Å². The molecule has 0 N–H and O–H groups in total. The van der Waals surface area contributed by atoms with E-state index in [1.54, 1.807) is 0 Å². The second-order valence-corrected chi connectivity index (χ2v) is 24.9. The summed E-state index contributed by atoms with van der Waals surface area (Å²) in [6.45, 7) is 0.